The Morgan fingerprint density at radius 3 is 2.16 bits per heavy atom. The first-order chi connectivity index (χ1) is 15.4. The van der Waals surface area contributed by atoms with Gasteiger partial charge in [0, 0.05) is 22.8 Å². The molecule has 1 heterocycles. The van der Waals surface area contributed by atoms with Crippen LogP contribution < -0.4 is 5.32 Å². The number of nitrogens with one attached hydrogen (secondary N) is 1. The molecule has 6 nitrogen and oxygen atoms in total. The molecule has 0 fully saturated rings. The second-order valence-electron chi connectivity index (χ2n) is 6.94. The first-order valence-electron chi connectivity index (χ1n) is 9.92. The molecule has 0 spiro atoms. The Balaban J connectivity index is 0.000000534. The van der Waals surface area contributed by atoms with E-state index in [9.17, 15) is 0 Å². The lowest BCUT2D eigenvalue weighted by molar-refractivity contribution is -0.159. The fourth-order valence-electron chi connectivity index (χ4n) is 3.05. The van der Waals surface area contributed by atoms with Gasteiger partial charge in [0.05, 0.1) is 5.69 Å². The topological polar surface area (TPSA) is 99.5 Å². The molecule has 8 heteroatoms. The van der Waals surface area contributed by atoms with Crippen molar-refractivity contribution in [2.45, 2.75) is 25.3 Å². The molecule has 0 radical (unpaired) electrons. The molecule has 1 aromatic heterocycles. The van der Waals surface area contributed by atoms with Gasteiger partial charge in [0.2, 0.25) is 0 Å². The maximum Gasteiger partial charge on any atom is 0.414 e. The minimum atomic E-state index is -1.82. The summed E-state index contributed by atoms with van der Waals surface area (Å²) in [7, 11) is 0. The Morgan fingerprint density at radius 2 is 1.56 bits per heavy atom. The average Bonchev–Trinajstić information content (AvgIpc) is 2.79. The molecule has 32 heavy (non-hydrogen) atoms. The summed E-state index contributed by atoms with van der Waals surface area (Å²) in [6, 6.07) is 22.2. The van der Waals surface area contributed by atoms with Crippen molar-refractivity contribution >= 4 is 35.1 Å². The predicted octanol–water partition coefficient (Wildman–Crippen LogP) is 5.05. The van der Waals surface area contributed by atoms with E-state index in [0.717, 1.165) is 41.7 Å². The van der Waals surface area contributed by atoms with Crippen LogP contribution in [0.2, 0.25) is 10.0 Å². The van der Waals surface area contributed by atoms with Crippen LogP contribution in [0.4, 0.5) is 0 Å². The summed E-state index contributed by atoms with van der Waals surface area (Å²) in [5.74, 6) is -3.27. The van der Waals surface area contributed by atoms with Gasteiger partial charge in [-0.2, -0.15) is 0 Å². The molecule has 1 atom stereocenters. The number of halogens is 2. The molecule has 0 aliphatic heterocycles. The molecule has 0 aliphatic rings. The highest BCUT2D eigenvalue weighted by Gasteiger charge is 2.14. The summed E-state index contributed by atoms with van der Waals surface area (Å²) in [5, 5.41) is 19.9. The van der Waals surface area contributed by atoms with Crippen LogP contribution in [0.15, 0.2) is 72.9 Å². The lowest BCUT2D eigenvalue weighted by Crippen LogP contribution is -2.18. The molecule has 0 saturated carbocycles. The Hall–Kier alpha value is -2.93. The third-order valence-electron chi connectivity index (χ3n) is 4.65. The van der Waals surface area contributed by atoms with Crippen LogP contribution >= 0.6 is 23.2 Å². The van der Waals surface area contributed by atoms with Crippen LogP contribution in [-0.4, -0.2) is 33.7 Å². The number of nitrogens with zero attached hydrogens (tertiary/aromatic N) is 1. The molecule has 0 amide bonds. The first-order valence-corrected chi connectivity index (χ1v) is 10.7. The minimum Gasteiger partial charge on any atom is -0.473 e. The van der Waals surface area contributed by atoms with Gasteiger partial charge in [-0.1, -0.05) is 59.6 Å². The number of carbonyl (C=O) groups is 2. The van der Waals surface area contributed by atoms with Crippen molar-refractivity contribution in [1.82, 2.24) is 10.3 Å². The average molecular weight is 475 g/mol. The summed E-state index contributed by atoms with van der Waals surface area (Å²) in [5.41, 5.74) is 3.52. The van der Waals surface area contributed by atoms with Crippen molar-refractivity contribution in [3.05, 3.63) is 99.8 Å². The highest BCUT2D eigenvalue weighted by Crippen LogP contribution is 2.28. The van der Waals surface area contributed by atoms with Gasteiger partial charge in [0.25, 0.3) is 0 Å². The third-order valence-corrected chi connectivity index (χ3v) is 5.27. The van der Waals surface area contributed by atoms with Crippen LogP contribution in [0.25, 0.3) is 0 Å². The summed E-state index contributed by atoms with van der Waals surface area (Å²) >= 11 is 12.4. The maximum atomic E-state index is 9.10. The van der Waals surface area contributed by atoms with E-state index in [4.69, 9.17) is 43.0 Å². The van der Waals surface area contributed by atoms with Crippen molar-refractivity contribution in [3.63, 3.8) is 0 Å². The van der Waals surface area contributed by atoms with Gasteiger partial charge in [0.15, 0.2) is 0 Å². The van der Waals surface area contributed by atoms with Crippen molar-refractivity contribution in [3.8, 4) is 0 Å². The number of aliphatic carboxylic acids is 2. The summed E-state index contributed by atoms with van der Waals surface area (Å²) in [6.45, 7) is 1.69. The molecular weight excluding hydrogens is 451 g/mol. The van der Waals surface area contributed by atoms with E-state index in [1.807, 2.05) is 54.7 Å². The van der Waals surface area contributed by atoms with E-state index >= 15 is 0 Å². The Labute approximate surface area is 196 Å². The van der Waals surface area contributed by atoms with Crippen molar-refractivity contribution in [2.75, 3.05) is 6.54 Å². The molecular formula is C24H24Cl2N2O4. The number of hydrogen-bond acceptors (Lipinski definition) is 4. The third kappa shape index (κ3) is 9.06. The monoisotopic (exact) mass is 474 g/mol. The molecule has 3 aromatic rings. The number of pyridine rings is 1. The van der Waals surface area contributed by atoms with E-state index in [0.29, 0.717) is 5.92 Å². The summed E-state index contributed by atoms with van der Waals surface area (Å²) < 4.78 is 0. The lowest BCUT2D eigenvalue weighted by atomic mass is 9.89. The van der Waals surface area contributed by atoms with Crippen molar-refractivity contribution in [2.24, 2.45) is 0 Å². The van der Waals surface area contributed by atoms with Gasteiger partial charge >= 0.3 is 11.9 Å². The zero-order chi connectivity index (χ0) is 23.3. The molecule has 168 valence electrons. The SMILES string of the molecule is Clc1ccc(C(CCNCc2ccccn2)Cc2ccccc2Cl)cc1.O=C(O)C(=O)O. The summed E-state index contributed by atoms with van der Waals surface area (Å²) in [6.07, 6.45) is 3.75. The van der Waals surface area contributed by atoms with Gasteiger partial charge in [0.1, 0.15) is 0 Å². The normalized spacial score (nSPS) is 11.2. The maximum absolute atomic E-state index is 9.10. The number of hydrogen-bond donors (Lipinski definition) is 3. The van der Waals surface area contributed by atoms with Crippen molar-refractivity contribution < 1.29 is 19.8 Å². The van der Waals surface area contributed by atoms with E-state index in [1.54, 1.807) is 0 Å². The molecule has 0 bridgehead atoms. The number of aromatic nitrogens is 1. The second-order valence-corrected chi connectivity index (χ2v) is 7.78. The predicted molar refractivity (Wildman–Crippen MR) is 125 cm³/mol. The quantitative estimate of drug-likeness (QED) is 0.312. The highest BCUT2D eigenvalue weighted by atomic mass is 35.5. The van der Waals surface area contributed by atoms with Crippen LogP contribution in [0, 0.1) is 0 Å². The van der Waals surface area contributed by atoms with E-state index in [2.05, 4.69) is 28.5 Å². The highest BCUT2D eigenvalue weighted by molar-refractivity contribution is 6.31. The number of benzene rings is 2. The zero-order valence-electron chi connectivity index (χ0n) is 17.2. The van der Waals surface area contributed by atoms with Gasteiger partial charge in [-0.3, -0.25) is 4.98 Å². The van der Waals surface area contributed by atoms with Crippen LogP contribution in [0.5, 0.6) is 0 Å². The van der Waals surface area contributed by atoms with Crippen LogP contribution in [0.1, 0.15) is 29.2 Å². The Bertz CT molecular complexity index is 986. The summed E-state index contributed by atoms with van der Waals surface area (Å²) in [4.78, 5) is 22.5. The fraction of sp³-hybridized carbons (Fsp3) is 0.208. The van der Waals surface area contributed by atoms with Gasteiger partial charge in [-0.25, -0.2) is 9.59 Å². The van der Waals surface area contributed by atoms with Gasteiger partial charge in [-0.05, 0) is 66.8 Å². The van der Waals surface area contributed by atoms with Crippen LogP contribution in [-0.2, 0) is 22.6 Å². The molecule has 3 rings (SSSR count). The molecule has 0 aliphatic carbocycles. The largest absolute Gasteiger partial charge is 0.473 e. The van der Waals surface area contributed by atoms with E-state index in [1.165, 1.54) is 11.1 Å². The molecule has 3 N–H and O–H groups in total. The van der Waals surface area contributed by atoms with Gasteiger partial charge < -0.3 is 15.5 Å². The smallest absolute Gasteiger partial charge is 0.414 e. The molecule has 2 aromatic carbocycles. The molecule has 0 saturated heterocycles. The lowest BCUT2D eigenvalue weighted by Gasteiger charge is -2.19. The first kappa shape index (κ1) is 25.3. The zero-order valence-corrected chi connectivity index (χ0v) is 18.8. The Kier molecular flexibility index (Phi) is 10.7. The number of carboxylic acid groups (broad SMARTS) is 2. The second kappa shape index (κ2) is 13.5. The van der Waals surface area contributed by atoms with Gasteiger partial charge in [-0.15, -0.1) is 0 Å². The van der Waals surface area contributed by atoms with E-state index < -0.39 is 11.9 Å². The Morgan fingerprint density at radius 1 is 0.906 bits per heavy atom. The number of carboxylic acids is 2. The minimum absolute atomic E-state index is 0.378. The fourth-order valence-corrected chi connectivity index (χ4v) is 3.39. The molecule has 1 unspecified atom stereocenters. The number of rotatable bonds is 8. The van der Waals surface area contributed by atoms with E-state index in [-0.39, 0.29) is 0 Å². The van der Waals surface area contributed by atoms with Crippen molar-refractivity contribution in [1.29, 1.82) is 0 Å². The van der Waals surface area contributed by atoms with Crippen LogP contribution in [0.3, 0.4) is 0 Å². The standard InChI is InChI=1S/C22H22Cl2N2.C2H2O4/c23-20-10-8-17(9-11-20)18(15-19-5-1-2-7-22(19)24)12-14-25-16-21-6-3-4-13-26-21;3-1(4)2(5)6/h1-11,13,18,25H,12,14-16H2;(H,3,4)(H,5,6).